The van der Waals surface area contributed by atoms with E-state index >= 15 is 0 Å². The molecule has 18 heavy (non-hydrogen) atoms. The summed E-state index contributed by atoms with van der Waals surface area (Å²) in [7, 11) is 0. The van der Waals surface area contributed by atoms with Crippen molar-refractivity contribution in [1.29, 1.82) is 0 Å². The molecule has 0 saturated carbocycles. The number of rotatable bonds is 2. The van der Waals surface area contributed by atoms with Crippen molar-refractivity contribution < 1.29 is 9.53 Å². The zero-order chi connectivity index (χ0) is 12.5. The molecule has 0 spiro atoms. The summed E-state index contributed by atoms with van der Waals surface area (Å²) >= 11 is 0. The van der Waals surface area contributed by atoms with Gasteiger partial charge in [-0.05, 0) is 24.3 Å². The summed E-state index contributed by atoms with van der Waals surface area (Å²) in [6.07, 6.45) is 0. The monoisotopic (exact) mass is 247 g/mol. The summed E-state index contributed by atoms with van der Waals surface area (Å²) in [6, 6.07) is 7.89. The number of nitrogens with zero attached hydrogens (tertiary/aromatic N) is 2. The molecule has 2 fully saturated rings. The molecule has 2 aliphatic heterocycles. The highest BCUT2D eigenvalue weighted by atomic mass is 16.5. The minimum Gasteiger partial charge on any atom is -0.399 e. The number of hydrogen-bond acceptors (Lipinski definition) is 4. The Kier molecular flexibility index (Phi) is 2.93. The van der Waals surface area contributed by atoms with Gasteiger partial charge >= 0.3 is 0 Å². The molecule has 0 aromatic heterocycles. The molecule has 5 heteroatoms. The smallest absolute Gasteiger partial charge is 0.241 e. The summed E-state index contributed by atoms with van der Waals surface area (Å²) in [6.45, 7) is 3.64. The second-order valence-corrected chi connectivity index (χ2v) is 4.80. The van der Waals surface area contributed by atoms with E-state index in [2.05, 4.69) is 4.90 Å². The van der Waals surface area contributed by atoms with Crippen LogP contribution in [0.4, 0.5) is 11.4 Å². The van der Waals surface area contributed by atoms with Gasteiger partial charge in [0.1, 0.15) is 0 Å². The highest BCUT2D eigenvalue weighted by Gasteiger charge is 2.32. The van der Waals surface area contributed by atoms with E-state index in [1.54, 1.807) is 0 Å². The number of benzene rings is 1. The first-order valence-electron chi connectivity index (χ1n) is 6.22. The van der Waals surface area contributed by atoms with Gasteiger partial charge in [0, 0.05) is 24.5 Å². The van der Waals surface area contributed by atoms with Crippen LogP contribution in [0.5, 0.6) is 0 Å². The summed E-state index contributed by atoms with van der Waals surface area (Å²) in [5, 5.41) is 0. The molecule has 2 N–H and O–H groups in total. The topological polar surface area (TPSA) is 58.8 Å². The van der Waals surface area contributed by atoms with E-state index in [1.165, 1.54) is 0 Å². The second kappa shape index (κ2) is 4.59. The van der Waals surface area contributed by atoms with E-state index in [1.807, 2.05) is 29.2 Å². The normalized spacial score (nSPS) is 22.0. The molecule has 1 aromatic carbocycles. The Morgan fingerprint density at radius 3 is 2.44 bits per heavy atom. The van der Waals surface area contributed by atoms with Crippen LogP contribution in [0.15, 0.2) is 24.3 Å². The van der Waals surface area contributed by atoms with Crippen LogP contribution in [-0.4, -0.2) is 49.7 Å². The molecule has 0 atom stereocenters. The van der Waals surface area contributed by atoms with Crippen LogP contribution < -0.4 is 10.6 Å². The summed E-state index contributed by atoms with van der Waals surface area (Å²) in [5.41, 5.74) is 7.30. The first kappa shape index (κ1) is 11.5. The second-order valence-electron chi connectivity index (χ2n) is 4.80. The number of nitrogen functional groups attached to an aromatic ring is 1. The maximum Gasteiger partial charge on any atom is 0.241 e. The number of piperazine rings is 1. The number of hydrogen-bond donors (Lipinski definition) is 1. The van der Waals surface area contributed by atoms with Gasteiger partial charge in [-0.2, -0.15) is 0 Å². The Balaban J connectivity index is 1.68. The van der Waals surface area contributed by atoms with Gasteiger partial charge in [-0.25, -0.2) is 0 Å². The van der Waals surface area contributed by atoms with Gasteiger partial charge in [0.2, 0.25) is 5.91 Å². The average molecular weight is 247 g/mol. The van der Waals surface area contributed by atoms with Crippen LogP contribution in [0.3, 0.4) is 0 Å². The first-order chi connectivity index (χ1) is 8.74. The third kappa shape index (κ3) is 2.07. The Morgan fingerprint density at radius 1 is 1.17 bits per heavy atom. The van der Waals surface area contributed by atoms with Gasteiger partial charge in [0.25, 0.3) is 0 Å². The van der Waals surface area contributed by atoms with Gasteiger partial charge in [0.05, 0.1) is 25.8 Å². The number of nitrogens with two attached hydrogens (primary N) is 1. The van der Waals surface area contributed by atoms with E-state index in [-0.39, 0.29) is 5.91 Å². The molecule has 3 rings (SSSR count). The van der Waals surface area contributed by atoms with Crippen LogP contribution in [0, 0.1) is 0 Å². The van der Waals surface area contributed by atoms with E-state index in [9.17, 15) is 4.79 Å². The van der Waals surface area contributed by atoms with Crippen LogP contribution in [0.2, 0.25) is 0 Å². The Labute approximate surface area is 106 Å². The third-order valence-electron chi connectivity index (χ3n) is 3.59. The zero-order valence-electron chi connectivity index (χ0n) is 10.2. The standard InChI is InChI=1S/C13H17N3O2/c14-10-1-3-11(4-2-10)16-6-5-15(7-13(16)17)12-8-18-9-12/h1-4,12H,5-9,14H2. The maximum atomic E-state index is 12.1. The lowest BCUT2D eigenvalue weighted by Crippen LogP contribution is -2.58. The maximum absolute atomic E-state index is 12.1. The van der Waals surface area contributed by atoms with E-state index in [4.69, 9.17) is 10.5 Å². The Hall–Kier alpha value is -1.59. The molecule has 0 radical (unpaired) electrons. The van der Waals surface area contributed by atoms with Gasteiger partial charge in [0.15, 0.2) is 0 Å². The average Bonchev–Trinajstić information content (AvgIpc) is 2.29. The molecule has 5 nitrogen and oxygen atoms in total. The number of carbonyl (C=O) groups is 1. The molecule has 2 aliphatic rings. The predicted molar refractivity (Wildman–Crippen MR) is 69.4 cm³/mol. The molecule has 1 amide bonds. The zero-order valence-corrected chi connectivity index (χ0v) is 10.2. The van der Waals surface area contributed by atoms with Crippen molar-refractivity contribution in [2.75, 3.05) is 43.5 Å². The van der Waals surface area contributed by atoms with Gasteiger partial charge in [-0.1, -0.05) is 0 Å². The lowest BCUT2D eigenvalue weighted by molar-refractivity contribution is -0.127. The van der Waals surface area contributed by atoms with Crippen molar-refractivity contribution in [1.82, 2.24) is 4.90 Å². The lowest BCUT2D eigenvalue weighted by atomic mass is 10.1. The number of carbonyl (C=O) groups excluding carboxylic acids is 1. The van der Waals surface area contributed by atoms with E-state index in [0.29, 0.717) is 12.6 Å². The van der Waals surface area contributed by atoms with Crippen LogP contribution in [0.25, 0.3) is 0 Å². The SMILES string of the molecule is Nc1ccc(N2CCN(C3COC3)CC2=O)cc1. The van der Waals surface area contributed by atoms with Crippen LogP contribution >= 0.6 is 0 Å². The van der Waals surface area contributed by atoms with Crippen molar-refractivity contribution in [2.24, 2.45) is 0 Å². The van der Waals surface area contributed by atoms with Crippen molar-refractivity contribution in [3.8, 4) is 0 Å². The van der Waals surface area contributed by atoms with Gasteiger partial charge < -0.3 is 15.4 Å². The highest BCUT2D eigenvalue weighted by molar-refractivity contribution is 5.95. The largest absolute Gasteiger partial charge is 0.399 e. The molecular weight excluding hydrogens is 230 g/mol. The summed E-state index contributed by atoms with van der Waals surface area (Å²) in [4.78, 5) is 16.2. The molecule has 2 heterocycles. The van der Waals surface area contributed by atoms with Crippen molar-refractivity contribution >= 4 is 17.3 Å². The van der Waals surface area contributed by atoms with Crippen molar-refractivity contribution in [3.63, 3.8) is 0 Å². The van der Waals surface area contributed by atoms with Crippen molar-refractivity contribution in [3.05, 3.63) is 24.3 Å². The van der Waals surface area contributed by atoms with Crippen LogP contribution in [0.1, 0.15) is 0 Å². The molecule has 0 bridgehead atoms. The molecule has 0 aliphatic carbocycles. The summed E-state index contributed by atoms with van der Waals surface area (Å²) in [5.74, 6) is 0.151. The number of amides is 1. The number of anilines is 2. The quantitative estimate of drug-likeness (QED) is 0.764. The number of ether oxygens (including phenoxy) is 1. The predicted octanol–water partition coefficient (Wildman–Crippen LogP) is 0.316. The summed E-state index contributed by atoms with van der Waals surface area (Å²) < 4.78 is 5.17. The third-order valence-corrected chi connectivity index (χ3v) is 3.59. The lowest BCUT2D eigenvalue weighted by Gasteiger charge is -2.42. The van der Waals surface area contributed by atoms with Gasteiger partial charge in [-0.3, -0.25) is 9.69 Å². The highest BCUT2D eigenvalue weighted by Crippen LogP contribution is 2.21. The van der Waals surface area contributed by atoms with E-state index in [0.717, 1.165) is 37.7 Å². The molecule has 96 valence electrons. The molecule has 0 unspecified atom stereocenters. The molecule has 1 aromatic rings. The fourth-order valence-electron chi connectivity index (χ4n) is 2.36. The van der Waals surface area contributed by atoms with Crippen LogP contribution in [-0.2, 0) is 9.53 Å². The minimum absolute atomic E-state index is 0.151. The fraction of sp³-hybridized carbons (Fsp3) is 0.462. The Bertz CT molecular complexity index is 442. The molecular formula is C13H17N3O2. The Morgan fingerprint density at radius 2 is 1.89 bits per heavy atom. The van der Waals surface area contributed by atoms with Crippen molar-refractivity contribution in [2.45, 2.75) is 6.04 Å². The minimum atomic E-state index is 0.151. The molecule has 2 saturated heterocycles. The first-order valence-corrected chi connectivity index (χ1v) is 6.22. The fourth-order valence-corrected chi connectivity index (χ4v) is 2.36. The van der Waals surface area contributed by atoms with Gasteiger partial charge in [-0.15, -0.1) is 0 Å². The van der Waals surface area contributed by atoms with E-state index < -0.39 is 0 Å².